The number of allylic oxidation sites excluding steroid dienone is 1. The van der Waals surface area contributed by atoms with Crippen molar-refractivity contribution < 1.29 is 14.3 Å². The summed E-state index contributed by atoms with van der Waals surface area (Å²) in [6.45, 7) is 0.192. The number of hydrogen-bond donors (Lipinski definition) is 0. The van der Waals surface area contributed by atoms with Gasteiger partial charge in [0.15, 0.2) is 11.5 Å². The Kier molecular flexibility index (Phi) is 6.57. The largest absolute Gasteiger partial charge is 0.496 e. The molecule has 158 valence electrons. The summed E-state index contributed by atoms with van der Waals surface area (Å²) in [7, 11) is 1.60. The molecule has 3 aromatic carbocycles. The molecule has 0 heterocycles. The van der Waals surface area contributed by atoms with Crippen molar-refractivity contribution in [2.75, 3.05) is 7.11 Å². The lowest BCUT2D eigenvalue weighted by molar-refractivity contribution is 0.102. The second kappa shape index (κ2) is 9.35. The Labute approximate surface area is 196 Å². The minimum absolute atomic E-state index is 0.0789. The maximum absolute atomic E-state index is 12.9. The molecule has 4 rings (SSSR count). The summed E-state index contributed by atoms with van der Waals surface area (Å²) in [5, 5.41) is 1.11. The molecule has 0 saturated heterocycles. The van der Waals surface area contributed by atoms with E-state index >= 15 is 0 Å². The molecule has 1 aliphatic rings. The summed E-state index contributed by atoms with van der Waals surface area (Å²) in [5.41, 5.74) is 4.38. The number of fused-ring (bicyclic) bond motifs is 1. The molecule has 1 aliphatic carbocycles. The van der Waals surface area contributed by atoms with Crippen molar-refractivity contribution in [2.24, 2.45) is 0 Å². The Morgan fingerprint density at radius 1 is 0.968 bits per heavy atom. The maximum Gasteiger partial charge on any atom is 0.189 e. The summed E-state index contributed by atoms with van der Waals surface area (Å²) < 4.78 is 11.3. The van der Waals surface area contributed by atoms with Gasteiger partial charge in [0, 0.05) is 21.7 Å². The van der Waals surface area contributed by atoms with E-state index in [4.69, 9.17) is 44.3 Å². The lowest BCUT2D eigenvalue weighted by Crippen LogP contribution is -2.13. The summed E-state index contributed by atoms with van der Waals surface area (Å²) in [6.07, 6.45) is 3.50. The molecule has 0 aliphatic heterocycles. The Bertz CT molecular complexity index is 1160. The van der Waals surface area contributed by atoms with Crippen molar-refractivity contribution in [1.82, 2.24) is 0 Å². The highest BCUT2D eigenvalue weighted by Crippen LogP contribution is 2.37. The predicted molar refractivity (Wildman–Crippen MR) is 126 cm³/mol. The van der Waals surface area contributed by atoms with E-state index in [1.807, 2.05) is 48.5 Å². The normalized spacial score (nSPS) is 14.5. The van der Waals surface area contributed by atoms with Crippen molar-refractivity contribution in [1.29, 1.82) is 0 Å². The number of carbonyl (C=O) groups is 1. The van der Waals surface area contributed by atoms with Gasteiger partial charge in [-0.1, -0.05) is 65.1 Å². The van der Waals surface area contributed by atoms with Crippen LogP contribution in [0.3, 0.4) is 0 Å². The highest BCUT2D eigenvalue weighted by Gasteiger charge is 2.21. The monoisotopic (exact) mass is 472 g/mol. The summed E-state index contributed by atoms with van der Waals surface area (Å²) in [5.74, 6) is 1.11. The maximum atomic E-state index is 12.9. The van der Waals surface area contributed by atoms with Gasteiger partial charge < -0.3 is 9.47 Å². The number of halogens is 3. The van der Waals surface area contributed by atoms with E-state index in [9.17, 15) is 4.79 Å². The molecule has 0 atom stereocenters. The first-order valence-electron chi connectivity index (χ1n) is 9.73. The second-order valence-corrected chi connectivity index (χ2v) is 8.47. The predicted octanol–water partition coefficient (Wildman–Crippen LogP) is 7.45. The number of rotatable bonds is 5. The van der Waals surface area contributed by atoms with Crippen molar-refractivity contribution in [3.8, 4) is 11.5 Å². The van der Waals surface area contributed by atoms with Crippen LogP contribution in [0.15, 0.2) is 60.2 Å². The second-order valence-electron chi connectivity index (χ2n) is 7.21. The van der Waals surface area contributed by atoms with Gasteiger partial charge in [-0.05, 0) is 54.3 Å². The number of benzene rings is 3. The average Bonchev–Trinajstić information content (AvgIpc) is 2.75. The minimum atomic E-state index is 0.0789. The van der Waals surface area contributed by atoms with Crippen LogP contribution in [-0.4, -0.2) is 12.9 Å². The molecule has 0 radical (unpaired) electrons. The van der Waals surface area contributed by atoms with Crippen LogP contribution in [0.5, 0.6) is 11.5 Å². The van der Waals surface area contributed by atoms with E-state index in [1.165, 1.54) is 0 Å². The van der Waals surface area contributed by atoms with Crippen molar-refractivity contribution in [3.05, 3.63) is 97.5 Å². The SMILES string of the molecule is COc1ccc(C=C2CCc3ccccc3C2=O)cc1COc1c(Cl)cc(Cl)cc1Cl. The van der Waals surface area contributed by atoms with Crippen LogP contribution in [0, 0.1) is 0 Å². The van der Waals surface area contributed by atoms with Crippen molar-refractivity contribution in [2.45, 2.75) is 19.4 Å². The zero-order valence-electron chi connectivity index (χ0n) is 16.8. The number of methoxy groups -OCH3 is 1. The summed E-state index contributed by atoms with van der Waals surface area (Å²) >= 11 is 18.4. The first-order chi connectivity index (χ1) is 15.0. The fraction of sp³-hybridized carbons (Fsp3) is 0.160. The van der Waals surface area contributed by atoms with Gasteiger partial charge in [-0.25, -0.2) is 0 Å². The van der Waals surface area contributed by atoms with E-state index in [0.717, 1.165) is 34.2 Å². The van der Waals surface area contributed by atoms with Gasteiger partial charge in [0.05, 0.1) is 17.2 Å². The summed E-state index contributed by atoms with van der Waals surface area (Å²) in [4.78, 5) is 12.9. The zero-order valence-corrected chi connectivity index (χ0v) is 19.0. The van der Waals surface area contributed by atoms with Gasteiger partial charge in [-0.2, -0.15) is 0 Å². The van der Waals surface area contributed by atoms with Crippen LogP contribution in [0.1, 0.15) is 33.5 Å². The fourth-order valence-electron chi connectivity index (χ4n) is 3.67. The Balaban J connectivity index is 1.60. The van der Waals surface area contributed by atoms with E-state index in [0.29, 0.717) is 33.0 Å². The highest BCUT2D eigenvalue weighted by atomic mass is 35.5. The van der Waals surface area contributed by atoms with Gasteiger partial charge in [0.2, 0.25) is 0 Å². The molecule has 0 aromatic heterocycles. The molecule has 0 N–H and O–H groups in total. The number of Topliss-reactive ketones (excluding diaryl/α,β-unsaturated/α-hetero) is 1. The van der Waals surface area contributed by atoms with Gasteiger partial charge in [-0.3, -0.25) is 4.79 Å². The van der Waals surface area contributed by atoms with Crippen LogP contribution in [-0.2, 0) is 13.0 Å². The molecule has 3 nitrogen and oxygen atoms in total. The van der Waals surface area contributed by atoms with E-state index < -0.39 is 0 Å². The standard InChI is InChI=1S/C25H19Cl3O3/c1-30-23-9-6-15(10-17-8-7-16-4-2-3-5-20(16)24(17)29)11-18(23)14-31-25-21(27)12-19(26)13-22(25)28/h2-6,9-13H,7-8,14H2,1H3. The molecule has 3 aromatic rings. The number of aryl methyl sites for hydroxylation is 1. The third-order valence-electron chi connectivity index (χ3n) is 5.20. The zero-order chi connectivity index (χ0) is 22.0. The molecule has 0 bridgehead atoms. The van der Waals surface area contributed by atoms with Gasteiger partial charge >= 0.3 is 0 Å². The van der Waals surface area contributed by atoms with Crippen LogP contribution in [0.2, 0.25) is 15.1 Å². The van der Waals surface area contributed by atoms with Gasteiger partial charge in [-0.15, -0.1) is 0 Å². The van der Waals surface area contributed by atoms with E-state index in [-0.39, 0.29) is 12.4 Å². The van der Waals surface area contributed by atoms with Crippen molar-refractivity contribution in [3.63, 3.8) is 0 Å². The first kappa shape index (κ1) is 21.8. The molecule has 6 heteroatoms. The quantitative estimate of drug-likeness (QED) is 0.361. The molecule has 0 saturated carbocycles. The molecule has 0 unspecified atom stereocenters. The Morgan fingerprint density at radius 3 is 2.45 bits per heavy atom. The minimum Gasteiger partial charge on any atom is -0.496 e. The van der Waals surface area contributed by atoms with Crippen LogP contribution < -0.4 is 9.47 Å². The molecule has 0 spiro atoms. The van der Waals surface area contributed by atoms with Gasteiger partial charge in [0.1, 0.15) is 12.4 Å². The number of carbonyl (C=O) groups excluding carboxylic acids is 1. The lowest BCUT2D eigenvalue weighted by Gasteiger charge is -2.17. The summed E-state index contributed by atoms with van der Waals surface area (Å²) in [6, 6.07) is 16.6. The lowest BCUT2D eigenvalue weighted by atomic mass is 9.86. The van der Waals surface area contributed by atoms with Gasteiger partial charge in [0.25, 0.3) is 0 Å². The average molecular weight is 474 g/mol. The smallest absolute Gasteiger partial charge is 0.189 e. The molecule has 0 amide bonds. The molecular formula is C25H19Cl3O3. The van der Waals surface area contributed by atoms with Crippen LogP contribution in [0.4, 0.5) is 0 Å². The molecule has 0 fully saturated rings. The number of ether oxygens (including phenoxy) is 2. The number of ketones is 1. The molecular weight excluding hydrogens is 455 g/mol. The van der Waals surface area contributed by atoms with Crippen LogP contribution in [0.25, 0.3) is 6.08 Å². The van der Waals surface area contributed by atoms with E-state index in [1.54, 1.807) is 19.2 Å². The number of hydrogen-bond acceptors (Lipinski definition) is 3. The van der Waals surface area contributed by atoms with E-state index in [2.05, 4.69) is 0 Å². The Hall–Kier alpha value is -2.46. The first-order valence-corrected chi connectivity index (χ1v) is 10.9. The topological polar surface area (TPSA) is 35.5 Å². The van der Waals surface area contributed by atoms with Crippen LogP contribution >= 0.6 is 34.8 Å². The third-order valence-corrected chi connectivity index (χ3v) is 5.98. The molecule has 31 heavy (non-hydrogen) atoms. The fourth-order valence-corrected chi connectivity index (χ4v) is 4.60. The Morgan fingerprint density at radius 2 is 1.71 bits per heavy atom. The van der Waals surface area contributed by atoms with Crippen molar-refractivity contribution >= 4 is 46.7 Å². The third kappa shape index (κ3) is 4.74. The highest BCUT2D eigenvalue weighted by molar-refractivity contribution is 6.40.